The normalized spacial score (nSPS) is 10.7. The highest BCUT2D eigenvalue weighted by molar-refractivity contribution is 7.08. The summed E-state index contributed by atoms with van der Waals surface area (Å²) in [6.07, 6.45) is 0. The second kappa shape index (κ2) is 4.34. The third kappa shape index (κ3) is 2.16. The smallest absolute Gasteiger partial charge is 0.0607 e. The molecule has 0 aliphatic heterocycles. The van der Waals surface area contributed by atoms with Crippen molar-refractivity contribution in [3.05, 3.63) is 43.5 Å². The average molecular weight is 278 g/mol. The monoisotopic (exact) mass is 276 g/mol. The molecule has 0 bridgehead atoms. The molecule has 0 aliphatic rings. The fourth-order valence-corrected chi connectivity index (χ4v) is 2.86. The van der Waals surface area contributed by atoms with Crippen molar-refractivity contribution in [3.63, 3.8) is 0 Å². The zero-order chi connectivity index (χ0) is 11.0. The fourth-order valence-electron chi connectivity index (χ4n) is 1.37. The molecule has 0 saturated carbocycles. The molecule has 0 unspecified atom stereocenters. The number of benzene rings is 1. The Hall–Kier alpha value is -0.210. The van der Waals surface area contributed by atoms with Crippen LogP contribution in [0.15, 0.2) is 22.9 Å². The highest BCUT2D eigenvalue weighted by Gasteiger charge is 2.10. The molecule has 0 aliphatic carbocycles. The first kappa shape index (κ1) is 11.3. The maximum absolute atomic E-state index is 6.13. The van der Waals surface area contributed by atoms with Crippen LogP contribution in [0.2, 0.25) is 15.1 Å². The van der Waals surface area contributed by atoms with Gasteiger partial charge in [0.25, 0.3) is 0 Å². The zero-order valence-electron chi connectivity index (χ0n) is 7.85. The van der Waals surface area contributed by atoms with Crippen LogP contribution in [0.5, 0.6) is 0 Å². The third-order valence-electron chi connectivity index (χ3n) is 2.16. The van der Waals surface area contributed by atoms with E-state index in [0.717, 1.165) is 11.1 Å². The molecule has 1 aromatic heterocycles. The number of thiophene rings is 1. The van der Waals surface area contributed by atoms with E-state index in [1.807, 2.05) is 6.92 Å². The van der Waals surface area contributed by atoms with Gasteiger partial charge in [0.05, 0.1) is 15.1 Å². The molecule has 1 heterocycles. The summed E-state index contributed by atoms with van der Waals surface area (Å²) in [6.45, 7) is 2.05. The van der Waals surface area contributed by atoms with Crippen LogP contribution in [0.3, 0.4) is 0 Å². The van der Waals surface area contributed by atoms with Crippen molar-refractivity contribution in [2.75, 3.05) is 0 Å². The number of aryl methyl sites for hydroxylation is 1. The van der Waals surface area contributed by atoms with E-state index in [-0.39, 0.29) is 0 Å². The minimum absolute atomic E-state index is 0.485. The van der Waals surface area contributed by atoms with Crippen molar-refractivity contribution in [1.82, 2.24) is 0 Å². The van der Waals surface area contributed by atoms with Crippen LogP contribution in [-0.4, -0.2) is 0 Å². The summed E-state index contributed by atoms with van der Waals surface area (Å²) in [6, 6.07) is 3.49. The largest absolute Gasteiger partial charge is 0.151 e. The number of rotatable bonds is 1. The lowest BCUT2D eigenvalue weighted by atomic mass is 10.1. The molecule has 4 heteroatoms. The standard InChI is InChI=1S/C11H7Cl3S/c1-6-4-15-5-8(6)7-2-10(13)11(14)3-9(7)12/h2-5H,1H3. The fraction of sp³-hybridized carbons (Fsp3) is 0.0909. The van der Waals surface area contributed by atoms with Crippen molar-refractivity contribution >= 4 is 46.1 Å². The van der Waals surface area contributed by atoms with Gasteiger partial charge in [0, 0.05) is 5.56 Å². The zero-order valence-corrected chi connectivity index (χ0v) is 10.9. The van der Waals surface area contributed by atoms with E-state index in [1.54, 1.807) is 23.5 Å². The molecule has 0 fully saturated rings. The van der Waals surface area contributed by atoms with E-state index in [9.17, 15) is 0 Å². The van der Waals surface area contributed by atoms with Gasteiger partial charge in [0.2, 0.25) is 0 Å². The molecule has 0 radical (unpaired) electrons. The van der Waals surface area contributed by atoms with Crippen LogP contribution in [-0.2, 0) is 0 Å². The third-order valence-corrected chi connectivity index (χ3v) is 4.05. The molecule has 0 atom stereocenters. The molecule has 15 heavy (non-hydrogen) atoms. The van der Waals surface area contributed by atoms with Crippen molar-refractivity contribution < 1.29 is 0 Å². The van der Waals surface area contributed by atoms with Gasteiger partial charge >= 0.3 is 0 Å². The van der Waals surface area contributed by atoms with E-state index in [0.29, 0.717) is 15.1 Å². The predicted octanol–water partition coefficient (Wildman–Crippen LogP) is 5.68. The van der Waals surface area contributed by atoms with Gasteiger partial charge in [-0.25, -0.2) is 0 Å². The maximum Gasteiger partial charge on any atom is 0.0607 e. The van der Waals surface area contributed by atoms with Gasteiger partial charge in [-0.2, -0.15) is 11.3 Å². The lowest BCUT2D eigenvalue weighted by Crippen LogP contribution is -1.81. The molecule has 0 nitrogen and oxygen atoms in total. The number of hydrogen-bond donors (Lipinski definition) is 0. The quantitative estimate of drug-likeness (QED) is 0.588. The first-order valence-electron chi connectivity index (χ1n) is 4.27. The van der Waals surface area contributed by atoms with Crippen LogP contribution in [0.1, 0.15) is 5.56 Å². The molecule has 0 N–H and O–H groups in total. The number of hydrogen-bond acceptors (Lipinski definition) is 1. The maximum atomic E-state index is 6.13. The van der Waals surface area contributed by atoms with Crippen LogP contribution in [0, 0.1) is 6.92 Å². The average Bonchev–Trinajstić information content (AvgIpc) is 2.58. The van der Waals surface area contributed by atoms with E-state index >= 15 is 0 Å². The molecule has 0 spiro atoms. The van der Waals surface area contributed by atoms with Crippen molar-refractivity contribution in [3.8, 4) is 11.1 Å². The highest BCUT2D eigenvalue weighted by atomic mass is 35.5. The van der Waals surface area contributed by atoms with E-state index in [4.69, 9.17) is 34.8 Å². The highest BCUT2D eigenvalue weighted by Crippen LogP contribution is 2.37. The Morgan fingerprint density at radius 2 is 1.53 bits per heavy atom. The summed E-state index contributed by atoms with van der Waals surface area (Å²) in [5, 5.41) is 5.78. The van der Waals surface area contributed by atoms with Gasteiger partial charge in [-0.15, -0.1) is 0 Å². The first-order valence-corrected chi connectivity index (χ1v) is 6.35. The lowest BCUT2D eigenvalue weighted by molar-refractivity contribution is 1.53. The van der Waals surface area contributed by atoms with Crippen LogP contribution < -0.4 is 0 Å². The van der Waals surface area contributed by atoms with E-state index in [1.165, 1.54) is 5.56 Å². The Morgan fingerprint density at radius 1 is 0.867 bits per heavy atom. The Bertz CT molecular complexity index is 503. The topological polar surface area (TPSA) is 0 Å². The Labute approximate surface area is 107 Å². The minimum Gasteiger partial charge on any atom is -0.151 e. The summed E-state index contributed by atoms with van der Waals surface area (Å²) in [4.78, 5) is 0. The molecule has 1 aromatic carbocycles. The van der Waals surface area contributed by atoms with Crippen LogP contribution in [0.25, 0.3) is 11.1 Å². The van der Waals surface area contributed by atoms with Crippen LogP contribution >= 0.6 is 46.1 Å². The Balaban J connectivity index is 2.64. The number of halogens is 3. The van der Waals surface area contributed by atoms with Gasteiger partial charge in [0.15, 0.2) is 0 Å². The summed E-state index contributed by atoms with van der Waals surface area (Å²) >= 11 is 19.6. The molecule has 2 rings (SSSR count). The summed E-state index contributed by atoms with van der Waals surface area (Å²) in [5.41, 5.74) is 3.24. The summed E-state index contributed by atoms with van der Waals surface area (Å²) in [5.74, 6) is 0. The van der Waals surface area contributed by atoms with Crippen molar-refractivity contribution in [1.29, 1.82) is 0 Å². The molecular weight excluding hydrogens is 271 g/mol. The Kier molecular flexibility index (Phi) is 3.27. The van der Waals surface area contributed by atoms with Gasteiger partial charge in [-0.3, -0.25) is 0 Å². The first-order chi connectivity index (χ1) is 7.09. The van der Waals surface area contributed by atoms with Gasteiger partial charge in [-0.05, 0) is 40.9 Å². The summed E-state index contributed by atoms with van der Waals surface area (Å²) in [7, 11) is 0. The van der Waals surface area contributed by atoms with Crippen molar-refractivity contribution in [2.45, 2.75) is 6.92 Å². The predicted molar refractivity (Wildman–Crippen MR) is 69.5 cm³/mol. The van der Waals surface area contributed by atoms with Gasteiger partial charge < -0.3 is 0 Å². The van der Waals surface area contributed by atoms with Crippen molar-refractivity contribution in [2.24, 2.45) is 0 Å². The molecule has 2 aromatic rings. The van der Waals surface area contributed by atoms with E-state index < -0.39 is 0 Å². The molecular formula is C11H7Cl3S. The SMILES string of the molecule is Cc1cscc1-c1cc(Cl)c(Cl)cc1Cl. The summed E-state index contributed by atoms with van der Waals surface area (Å²) < 4.78 is 0. The van der Waals surface area contributed by atoms with Gasteiger partial charge in [0.1, 0.15) is 0 Å². The molecule has 0 saturated heterocycles. The second-order valence-corrected chi connectivity index (χ2v) is 5.18. The molecule has 78 valence electrons. The lowest BCUT2D eigenvalue weighted by Gasteiger charge is -2.05. The molecule has 0 amide bonds. The van der Waals surface area contributed by atoms with Crippen LogP contribution in [0.4, 0.5) is 0 Å². The van der Waals surface area contributed by atoms with E-state index in [2.05, 4.69) is 10.8 Å². The second-order valence-electron chi connectivity index (χ2n) is 3.21. The minimum atomic E-state index is 0.485. The van der Waals surface area contributed by atoms with Gasteiger partial charge in [-0.1, -0.05) is 34.8 Å². The Morgan fingerprint density at radius 3 is 2.13 bits per heavy atom.